The fourth-order valence-electron chi connectivity index (χ4n) is 2.43. The lowest BCUT2D eigenvalue weighted by Crippen LogP contribution is -2.44. The van der Waals surface area contributed by atoms with Gasteiger partial charge in [-0.25, -0.2) is 0 Å². The maximum absolute atomic E-state index is 11.7. The second kappa shape index (κ2) is 6.20. The predicted octanol–water partition coefficient (Wildman–Crippen LogP) is 3.04. The van der Waals surface area contributed by atoms with Crippen molar-refractivity contribution < 1.29 is 14.3 Å². The number of carbonyl (C=O) groups excluding carboxylic acids is 1. The van der Waals surface area contributed by atoms with Crippen molar-refractivity contribution in [1.29, 1.82) is 0 Å². The maximum Gasteiger partial charge on any atom is 0.309 e. The van der Waals surface area contributed by atoms with Gasteiger partial charge in [0.1, 0.15) is 6.10 Å². The molecule has 3 nitrogen and oxygen atoms in total. The maximum atomic E-state index is 11.7. The van der Waals surface area contributed by atoms with E-state index in [4.69, 9.17) is 9.47 Å². The lowest BCUT2D eigenvalue weighted by molar-refractivity contribution is -0.175. The molecule has 1 aliphatic rings. The summed E-state index contributed by atoms with van der Waals surface area (Å²) in [6.07, 6.45) is -0.123. The van der Waals surface area contributed by atoms with Gasteiger partial charge in [0.2, 0.25) is 0 Å². The Morgan fingerprint density at radius 3 is 2.47 bits per heavy atom. The number of benzene rings is 1. The molecular formula is C16H22O3. The van der Waals surface area contributed by atoms with E-state index in [1.54, 1.807) is 0 Å². The molecule has 0 bridgehead atoms. The third kappa shape index (κ3) is 3.35. The highest BCUT2D eigenvalue weighted by Gasteiger charge is 2.38. The summed E-state index contributed by atoms with van der Waals surface area (Å²) >= 11 is 0. The molecule has 2 unspecified atom stereocenters. The zero-order valence-electron chi connectivity index (χ0n) is 11.8. The van der Waals surface area contributed by atoms with Crippen molar-refractivity contribution in [2.24, 2.45) is 17.8 Å². The second-order valence-corrected chi connectivity index (χ2v) is 5.48. The summed E-state index contributed by atoms with van der Waals surface area (Å²) < 4.78 is 11.1. The molecule has 1 aliphatic heterocycles. The molecule has 1 saturated heterocycles. The zero-order valence-corrected chi connectivity index (χ0v) is 11.8. The number of carbonyl (C=O) groups is 1. The molecule has 0 aromatic heterocycles. The van der Waals surface area contributed by atoms with Crippen LogP contribution in [0.4, 0.5) is 0 Å². The molecular weight excluding hydrogens is 240 g/mol. The summed E-state index contributed by atoms with van der Waals surface area (Å²) in [5.74, 6) is 0.564. The van der Waals surface area contributed by atoms with E-state index in [0.717, 1.165) is 5.56 Å². The third-order valence-electron chi connectivity index (χ3n) is 4.24. The van der Waals surface area contributed by atoms with Crippen LogP contribution < -0.4 is 0 Å². The van der Waals surface area contributed by atoms with Crippen LogP contribution in [0.5, 0.6) is 0 Å². The smallest absolute Gasteiger partial charge is 0.309 e. The Balaban J connectivity index is 1.84. The number of cyclic esters (lactones) is 1. The van der Waals surface area contributed by atoms with Crippen LogP contribution >= 0.6 is 0 Å². The lowest BCUT2D eigenvalue weighted by atomic mass is 9.80. The standard InChI is InChI=1S/C16H22O3/c1-11-12(2)15(19-16(17)13(11)3)10-18-9-14-7-5-4-6-8-14/h4-8,11-13,15H,9-10H2,1-3H3/t11-,12-,13?,15?/m0/s1. The summed E-state index contributed by atoms with van der Waals surface area (Å²) in [5.41, 5.74) is 1.14. The molecule has 0 saturated carbocycles. The predicted molar refractivity (Wildman–Crippen MR) is 73.5 cm³/mol. The van der Waals surface area contributed by atoms with E-state index in [2.05, 4.69) is 13.8 Å². The van der Waals surface area contributed by atoms with Gasteiger partial charge in [0.15, 0.2) is 0 Å². The molecule has 0 amide bonds. The van der Waals surface area contributed by atoms with Gasteiger partial charge in [-0.2, -0.15) is 0 Å². The molecule has 19 heavy (non-hydrogen) atoms. The van der Waals surface area contributed by atoms with Gasteiger partial charge in [0.05, 0.1) is 19.1 Å². The molecule has 0 N–H and O–H groups in total. The fourth-order valence-corrected chi connectivity index (χ4v) is 2.43. The Hall–Kier alpha value is -1.35. The van der Waals surface area contributed by atoms with E-state index >= 15 is 0 Å². The Bertz CT molecular complexity index is 415. The average molecular weight is 262 g/mol. The van der Waals surface area contributed by atoms with Crippen LogP contribution in [0.3, 0.4) is 0 Å². The highest BCUT2D eigenvalue weighted by Crippen LogP contribution is 2.31. The van der Waals surface area contributed by atoms with Crippen molar-refractivity contribution >= 4 is 5.97 Å². The number of rotatable bonds is 4. The van der Waals surface area contributed by atoms with Crippen LogP contribution in [0.25, 0.3) is 0 Å². The van der Waals surface area contributed by atoms with Gasteiger partial charge in [-0.05, 0) is 17.4 Å². The molecule has 0 radical (unpaired) electrons. The van der Waals surface area contributed by atoms with E-state index in [1.165, 1.54) is 0 Å². The van der Waals surface area contributed by atoms with Crippen molar-refractivity contribution in [1.82, 2.24) is 0 Å². The van der Waals surface area contributed by atoms with Crippen LogP contribution in [0.2, 0.25) is 0 Å². The minimum Gasteiger partial charge on any atom is -0.459 e. The Morgan fingerprint density at radius 2 is 1.79 bits per heavy atom. The van der Waals surface area contributed by atoms with Gasteiger partial charge in [0, 0.05) is 0 Å². The minimum atomic E-state index is -0.123. The van der Waals surface area contributed by atoms with Crippen LogP contribution in [-0.2, 0) is 20.9 Å². The number of hydrogen-bond donors (Lipinski definition) is 0. The highest BCUT2D eigenvalue weighted by atomic mass is 16.6. The summed E-state index contributed by atoms with van der Waals surface area (Å²) in [7, 11) is 0. The highest BCUT2D eigenvalue weighted by molar-refractivity contribution is 5.73. The van der Waals surface area contributed by atoms with E-state index < -0.39 is 0 Å². The molecule has 3 heteroatoms. The first-order chi connectivity index (χ1) is 9.09. The number of hydrogen-bond acceptors (Lipinski definition) is 3. The largest absolute Gasteiger partial charge is 0.459 e. The Kier molecular flexibility index (Phi) is 4.59. The van der Waals surface area contributed by atoms with Gasteiger partial charge >= 0.3 is 5.97 Å². The van der Waals surface area contributed by atoms with Gasteiger partial charge in [-0.3, -0.25) is 4.79 Å². The Morgan fingerprint density at radius 1 is 1.11 bits per heavy atom. The SMILES string of the molecule is CC1C(=O)OC(COCc2ccccc2)[C@@H](C)[C@@H]1C. The molecule has 104 valence electrons. The van der Waals surface area contributed by atoms with Crippen molar-refractivity contribution in [2.75, 3.05) is 6.61 Å². The number of ether oxygens (including phenoxy) is 2. The van der Waals surface area contributed by atoms with E-state index in [1.807, 2.05) is 37.3 Å². The monoisotopic (exact) mass is 262 g/mol. The Labute approximate surface area is 114 Å². The van der Waals surface area contributed by atoms with Crippen molar-refractivity contribution in [2.45, 2.75) is 33.5 Å². The van der Waals surface area contributed by atoms with Crippen molar-refractivity contribution in [3.63, 3.8) is 0 Å². The lowest BCUT2D eigenvalue weighted by Gasteiger charge is -2.37. The van der Waals surface area contributed by atoms with Crippen LogP contribution in [0, 0.1) is 17.8 Å². The topological polar surface area (TPSA) is 35.5 Å². The van der Waals surface area contributed by atoms with Gasteiger partial charge < -0.3 is 9.47 Å². The van der Waals surface area contributed by atoms with E-state index in [0.29, 0.717) is 25.0 Å². The quantitative estimate of drug-likeness (QED) is 0.782. The molecule has 1 aromatic rings. The molecule has 1 heterocycles. The minimum absolute atomic E-state index is 0.0135. The van der Waals surface area contributed by atoms with E-state index in [9.17, 15) is 4.79 Å². The second-order valence-electron chi connectivity index (χ2n) is 5.48. The summed E-state index contributed by atoms with van der Waals surface area (Å²) in [6.45, 7) is 7.21. The van der Waals surface area contributed by atoms with Crippen LogP contribution in [0.1, 0.15) is 26.3 Å². The molecule has 0 spiro atoms. The van der Waals surface area contributed by atoms with Crippen LogP contribution in [0.15, 0.2) is 30.3 Å². The first-order valence-corrected chi connectivity index (χ1v) is 6.91. The van der Waals surface area contributed by atoms with E-state index in [-0.39, 0.29) is 18.0 Å². The first-order valence-electron chi connectivity index (χ1n) is 6.91. The molecule has 1 aromatic carbocycles. The fraction of sp³-hybridized carbons (Fsp3) is 0.562. The molecule has 0 aliphatic carbocycles. The van der Waals surface area contributed by atoms with Gasteiger partial charge in [-0.1, -0.05) is 51.1 Å². The summed E-state index contributed by atoms with van der Waals surface area (Å²) in [5, 5.41) is 0. The van der Waals surface area contributed by atoms with Gasteiger partial charge in [0.25, 0.3) is 0 Å². The third-order valence-corrected chi connectivity index (χ3v) is 4.24. The number of esters is 1. The molecule has 1 fully saturated rings. The van der Waals surface area contributed by atoms with Crippen molar-refractivity contribution in [3.05, 3.63) is 35.9 Å². The zero-order chi connectivity index (χ0) is 13.8. The average Bonchev–Trinajstić information content (AvgIpc) is 2.43. The first kappa shape index (κ1) is 14.1. The normalized spacial score (nSPS) is 31.0. The summed E-state index contributed by atoms with van der Waals surface area (Å²) in [4.78, 5) is 11.7. The van der Waals surface area contributed by atoms with Crippen molar-refractivity contribution in [3.8, 4) is 0 Å². The molecule has 4 atom stereocenters. The van der Waals surface area contributed by atoms with Crippen LogP contribution in [-0.4, -0.2) is 18.7 Å². The molecule has 2 rings (SSSR count). The van der Waals surface area contributed by atoms with Gasteiger partial charge in [-0.15, -0.1) is 0 Å². The summed E-state index contributed by atoms with van der Waals surface area (Å²) in [6, 6.07) is 10.0.